The molecule has 0 aliphatic heterocycles. The first-order valence-corrected chi connectivity index (χ1v) is 9.50. The van der Waals surface area contributed by atoms with E-state index in [4.69, 9.17) is 0 Å². The second-order valence-corrected chi connectivity index (χ2v) is 11.0. The van der Waals surface area contributed by atoms with Crippen molar-refractivity contribution in [1.29, 1.82) is 0 Å². The van der Waals surface area contributed by atoms with Gasteiger partial charge in [-0.1, -0.05) is 33.0 Å². The van der Waals surface area contributed by atoms with Gasteiger partial charge in [-0.15, -0.1) is 0 Å². The normalized spacial score (nSPS) is 12.0. The molecule has 0 N–H and O–H groups in total. The minimum atomic E-state index is -1.03. The molecular formula is C11H20SSi. The fourth-order valence-corrected chi connectivity index (χ4v) is 4.17. The van der Waals surface area contributed by atoms with Crippen LogP contribution in [0.1, 0.15) is 25.3 Å². The van der Waals surface area contributed by atoms with Crippen molar-refractivity contribution in [3.05, 3.63) is 17.0 Å². The maximum atomic E-state index is 2.44. The molecular weight excluding hydrogens is 192 g/mol. The fraction of sp³-hybridized carbons (Fsp3) is 0.636. The number of hydrogen-bond donors (Lipinski definition) is 0. The Kier molecular flexibility index (Phi) is 3.74. The Morgan fingerprint density at radius 3 is 2.46 bits per heavy atom. The fourth-order valence-electron chi connectivity index (χ4n) is 1.28. The van der Waals surface area contributed by atoms with E-state index in [1.54, 1.807) is 10.1 Å². The molecule has 0 aromatic carbocycles. The number of rotatable bonds is 4. The van der Waals surface area contributed by atoms with Crippen LogP contribution in [0.5, 0.6) is 0 Å². The zero-order valence-corrected chi connectivity index (χ0v) is 11.0. The molecule has 0 saturated carbocycles. The molecule has 0 bridgehead atoms. The summed E-state index contributed by atoms with van der Waals surface area (Å²) in [5.41, 5.74) is 1.56. The van der Waals surface area contributed by atoms with E-state index >= 15 is 0 Å². The largest absolute Gasteiger partial charge is 0.153 e. The summed E-state index contributed by atoms with van der Waals surface area (Å²) in [7, 11) is -1.03. The van der Waals surface area contributed by atoms with Crippen molar-refractivity contribution in [3.63, 3.8) is 0 Å². The summed E-state index contributed by atoms with van der Waals surface area (Å²) >= 11 is 1.97. The van der Waals surface area contributed by atoms with Crippen LogP contribution in [0.15, 0.2) is 11.4 Å². The van der Waals surface area contributed by atoms with Crippen LogP contribution in [-0.4, -0.2) is 8.07 Å². The van der Waals surface area contributed by atoms with E-state index in [0.717, 1.165) is 0 Å². The van der Waals surface area contributed by atoms with Crippen molar-refractivity contribution < 1.29 is 0 Å². The number of unbranched alkanes of at least 4 members (excludes halogenated alkanes) is 1. The van der Waals surface area contributed by atoms with E-state index in [1.165, 1.54) is 19.3 Å². The van der Waals surface area contributed by atoms with Crippen LogP contribution in [0.4, 0.5) is 0 Å². The van der Waals surface area contributed by atoms with Crippen LogP contribution < -0.4 is 4.50 Å². The molecule has 74 valence electrons. The van der Waals surface area contributed by atoms with Gasteiger partial charge in [0.05, 0.1) is 8.07 Å². The molecule has 0 unspecified atom stereocenters. The standard InChI is InChI=1S/C11H20SSi/c1-5-6-7-10-8-11(12-9-10)13(2,3)4/h8-9H,5-7H2,1-4H3. The molecule has 0 spiro atoms. The summed E-state index contributed by atoms with van der Waals surface area (Å²) in [6.45, 7) is 9.51. The first-order chi connectivity index (χ1) is 6.04. The highest BCUT2D eigenvalue weighted by atomic mass is 32.1. The molecule has 0 amide bonds. The maximum absolute atomic E-state index is 2.44. The van der Waals surface area contributed by atoms with Gasteiger partial charge in [0.25, 0.3) is 0 Å². The van der Waals surface area contributed by atoms with Crippen molar-refractivity contribution in [3.8, 4) is 0 Å². The summed E-state index contributed by atoms with van der Waals surface area (Å²) in [5, 5.41) is 2.35. The minimum absolute atomic E-state index is 1.03. The lowest BCUT2D eigenvalue weighted by atomic mass is 10.2. The lowest BCUT2D eigenvalue weighted by molar-refractivity contribution is 0.797. The van der Waals surface area contributed by atoms with Crippen LogP contribution in [0.2, 0.25) is 19.6 Å². The summed E-state index contributed by atoms with van der Waals surface area (Å²) in [4.78, 5) is 0. The summed E-state index contributed by atoms with van der Waals surface area (Å²) < 4.78 is 1.65. The Labute approximate surface area is 87.0 Å². The smallest absolute Gasteiger partial charge is 0.0904 e. The number of aryl methyl sites for hydroxylation is 1. The van der Waals surface area contributed by atoms with E-state index < -0.39 is 8.07 Å². The van der Waals surface area contributed by atoms with Crippen molar-refractivity contribution in [1.82, 2.24) is 0 Å². The Hall–Kier alpha value is -0.0831. The molecule has 0 nitrogen and oxygen atoms in total. The van der Waals surface area contributed by atoms with Crippen LogP contribution in [-0.2, 0) is 6.42 Å². The Morgan fingerprint density at radius 1 is 1.31 bits per heavy atom. The number of hydrogen-bond acceptors (Lipinski definition) is 1. The van der Waals surface area contributed by atoms with Crippen molar-refractivity contribution in [2.24, 2.45) is 0 Å². The number of thiophene rings is 1. The van der Waals surface area contributed by atoms with Gasteiger partial charge in [-0.05, 0) is 34.4 Å². The van der Waals surface area contributed by atoms with Gasteiger partial charge in [-0.3, -0.25) is 0 Å². The molecule has 0 aliphatic rings. The topological polar surface area (TPSA) is 0 Å². The van der Waals surface area contributed by atoms with Gasteiger partial charge in [0.1, 0.15) is 0 Å². The van der Waals surface area contributed by atoms with E-state index in [9.17, 15) is 0 Å². The Balaban J connectivity index is 2.64. The van der Waals surface area contributed by atoms with Crippen molar-refractivity contribution >= 4 is 23.9 Å². The molecule has 13 heavy (non-hydrogen) atoms. The SMILES string of the molecule is CCCCc1csc([Si](C)(C)C)c1. The quantitative estimate of drug-likeness (QED) is 0.669. The molecule has 0 saturated heterocycles. The predicted molar refractivity (Wildman–Crippen MR) is 65.9 cm³/mol. The Bertz CT molecular complexity index is 257. The first-order valence-electron chi connectivity index (χ1n) is 5.12. The molecule has 2 heteroatoms. The lowest BCUT2D eigenvalue weighted by Gasteiger charge is -2.12. The second-order valence-electron chi connectivity index (χ2n) is 4.67. The van der Waals surface area contributed by atoms with Crippen LogP contribution in [0, 0.1) is 0 Å². The van der Waals surface area contributed by atoms with E-state index in [2.05, 4.69) is 38.0 Å². The van der Waals surface area contributed by atoms with Crippen LogP contribution >= 0.6 is 11.3 Å². The highest BCUT2D eigenvalue weighted by molar-refractivity contribution is 7.25. The molecule has 1 rings (SSSR count). The highest BCUT2D eigenvalue weighted by Crippen LogP contribution is 2.13. The average molecular weight is 212 g/mol. The van der Waals surface area contributed by atoms with Gasteiger partial charge in [0, 0.05) is 0 Å². The first kappa shape index (κ1) is 11.0. The van der Waals surface area contributed by atoms with Crippen molar-refractivity contribution in [2.75, 3.05) is 0 Å². The molecule has 1 heterocycles. The third kappa shape index (κ3) is 3.28. The van der Waals surface area contributed by atoms with Gasteiger partial charge in [0.2, 0.25) is 0 Å². The molecule has 0 radical (unpaired) electrons. The van der Waals surface area contributed by atoms with Gasteiger partial charge in [-0.2, -0.15) is 11.3 Å². The van der Waals surface area contributed by atoms with E-state index in [0.29, 0.717) is 0 Å². The van der Waals surface area contributed by atoms with E-state index in [-0.39, 0.29) is 0 Å². The van der Waals surface area contributed by atoms with Gasteiger partial charge >= 0.3 is 0 Å². The zero-order chi connectivity index (χ0) is 9.90. The average Bonchev–Trinajstić information content (AvgIpc) is 2.47. The van der Waals surface area contributed by atoms with Gasteiger partial charge in [-0.25, -0.2) is 0 Å². The van der Waals surface area contributed by atoms with Crippen LogP contribution in [0.25, 0.3) is 0 Å². The van der Waals surface area contributed by atoms with E-state index in [1.807, 2.05) is 11.3 Å². The molecule has 0 fully saturated rings. The summed E-state index contributed by atoms with van der Waals surface area (Å²) in [6, 6.07) is 2.44. The third-order valence-corrected chi connectivity index (χ3v) is 6.82. The molecule has 1 aromatic rings. The molecule has 1 aromatic heterocycles. The van der Waals surface area contributed by atoms with Crippen molar-refractivity contribution in [2.45, 2.75) is 45.8 Å². The maximum Gasteiger partial charge on any atom is 0.0904 e. The predicted octanol–water partition coefficient (Wildman–Crippen LogP) is 3.64. The minimum Gasteiger partial charge on any atom is -0.153 e. The molecule has 0 aliphatic carbocycles. The highest BCUT2D eigenvalue weighted by Gasteiger charge is 2.18. The second kappa shape index (κ2) is 4.42. The zero-order valence-electron chi connectivity index (χ0n) is 9.18. The monoisotopic (exact) mass is 212 g/mol. The Morgan fingerprint density at radius 2 is 2.00 bits per heavy atom. The summed E-state index contributed by atoms with van der Waals surface area (Å²) in [5.74, 6) is 0. The third-order valence-electron chi connectivity index (χ3n) is 2.21. The summed E-state index contributed by atoms with van der Waals surface area (Å²) in [6.07, 6.45) is 3.91. The van der Waals surface area contributed by atoms with Crippen LogP contribution in [0.3, 0.4) is 0 Å². The lowest BCUT2D eigenvalue weighted by Crippen LogP contribution is -2.34. The van der Waals surface area contributed by atoms with Gasteiger partial charge < -0.3 is 0 Å². The van der Waals surface area contributed by atoms with Gasteiger partial charge in [0.15, 0.2) is 0 Å². The molecule has 0 atom stereocenters.